The summed E-state index contributed by atoms with van der Waals surface area (Å²) < 4.78 is 30.5. The van der Waals surface area contributed by atoms with E-state index in [4.69, 9.17) is 21.5 Å². The van der Waals surface area contributed by atoms with E-state index in [1.165, 1.54) is 30.9 Å². The average molecular weight is 552 g/mol. The minimum Gasteiger partial charge on any atom is -0.390 e. The third-order valence-electron chi connectivity index (χ3n) is 5.99. The third-order valence-corrected chi connectivity index (χ3v) is 8.29. The van der Waals surface area contributed by atoms with Crippen molar-refractivity contribution in [2.24, 2.45) is 5.73 Å². The molecule has 13 heteroatoms. The molecule has 2 heterocycles. The van der Waals surface area contributed by atoms with Gasteiger partial charge in [0.1, 0.15) is 18.2 Å². The number of rotatable bonds is 9. The number of anilines is 1. The van der Waals surface area contributed by atoms with Crippen molar-refractivity contribution in [3.63, 3.8) is 0 Å². The molecule has 36 heavy (non-hydrogen) atoms. The minimum atomic E-state index is -3.95. The topological polar surface area (TPSA) is 157 Å². The maximum atomic E-state index is 13.4. The van der Waals surface area contributed by atoms with Crippen LogP contribution in [0.1, 0.15) is 50.1 Å². The lowest BCUT2D eigenvalue weighted by Crippen LogP contribution is -2.31. The van der Waals surface area contributed by atoms with E-state index in [1.54, 1.807) is 18.2 Å². The van der Waals surface area contributed by atoms with Gasteiger partial charge in [0, 0.05) is 29.2 Å². The molecule has 0 saturated heterocycles. The first kappa shape index (κ1) is 26.6. The molecule has 0 unspecified atom stereocenters. The van der Waals surface area contributed by atoms with E-state index in [0.29, 0.717) is 9.90 Å². The smallest absolute Gasteiger partial charge is 0.335 e. The number of nitrogens with zero attached hydrogens (tertiary/aromatic N) is 2. The van der Waals surface area contributed by atoms with Gasteiger partial charge in [-0.1, -0.05) is 23.7 Å². The van der Waals surface area contributed by atoms with Crippen LogP contribution in [0.2, 0.25) is 5.02 Å². The summed E-state index contributed by atoms with van der Waals surface area (Å²) in [4.78, 5) is 23.1. The SMILES string of the molecule is CNS(=O)(=O)O[C@@H]1C[C@H](Nc2ncncc2C(=O)c2cc([C@@H](N)c3cccc(Cl)c3)c(C)s2)C[C@@H]1O. The molecule has 3 aromatic rings. The van der Waals surface area contributed by atoms with Crippen LogP contribution in [-0.2, 0) is 14.5 Å². The number of aryl methyl sites for hydroxylation is 1. The molecule has 0 bridgehead atoms. The number of carbonyl (C=O) groups is 1. The molecule has 192 valence electrons. The molecular weight excluding hydrogens is 526 g/mol. The molecule has 1 aromatic carbocycles. The Bertz CT molecular complexity index is 1370. The second-order valence-corrected chi connectivity index (χ2v) is 11.6. The Kier molecular flexibility index (Phi) is 8.05. The van der Waals surface area contributed by atoms with E-state index in [0.717, 1.165) is 16.0 Å². The van der Waals surface area contributed by atoms with Crippen LogP contribution in [0, 0.1) is 6.92 Å². The van der Waals surface area contributed by atoms with Gasteiger partial charge in [0.05, 0.1) is 22.6 Å². The molecule has 1 fully saturated rings. The van der Waals surface area contributed by atoms with Gasteiger partial charge in [-0.3, -0.25) is 8.98 Å². The molecule has 0 radical (unpaired) electrons. The van der Waals surface area contributed by atoms with E-state index in [-0.39, 0.29) is 36.0 Å². The molecule has 0 amide bonds. The van der Waals surface area contributed by atoms with E-state index >= 15 is 0 Å². The fourth-order valence-electron chi connectivity index (χ4n) is 4.14. The van der Waals surface area contributed by atoms with E-state index in [9.17, 15) is 18.3 Å². The van der Waals surface area contributed by atoms with Crippen LogP contribution >= 0.6 is 22.9 Å². The summed E-state index contributed by atoms with van der Waals surface area (Å²) in [5.41, 5.74) is 8.39. The van der Waals surface area contributed by atoms with Gasteiger partial charge in [0.15, 0.2) is 0 Å². The van der Waals surface area contributed by atoms with Crippen molar-refractivity contribution in [1.82, 2.24) is 14.7 Å². The molecule has 2 aromatic heterocycles. The fourth-order valence-corrected chi connectivity index (χ4v) is 5.99. The van der Waals surface area contributed by atoms with Gasteiger partial charge in [-0.15, -0.1) is 11.3 Å². The van der Waals surface area contributed by atoms with Crippen molar-refractivity contribution >= 4 is 44.8 Å². The van der Waals surface area contributed by atoms with Gasteiger partial charge in [-0.2, -0.15) is 13.1 Å². The summed E-state index contributed by atoms with van der Waals surface area (Å²) >= 11 is 7.44. The zero-order valence-electron chi connectivity index (χ0n) is 19.5. The molecule has 4 rings (SSSR count). The molecule has 0 spiro atoms. The molecular formula is C23H26ClN5O5S2. The van der Waals surface area contributed by atoms with E-state index in [1.807, 2.05) is 19.1 Å². The van der Waals surface area contributed by atoms with Gasteiger partial charge in [0.25, 0.3) is 0 Å². The molecule has 1 aliphatic carbocycles. The third kappa shape index (κ3) is 5.92. The summed E-state index contributed by atoms with van der Waals surface area (Å²) in [6.45, 7) is 1.90. The van der Waals surface area contributed by atoms with Crippen molar-refractivity contribution in [3.05, 3.63) is 74.3 Å². The van der Waals surface area contributed by atoms with Crippen molar-refractivity contribution in [2.75, 3.05) is 12.4 Å². The molecule has 1 saturated carbocycles. The Morgan fingerprint density at radius 2 is 2.11 bits per heavy atom. The number of hydrogen-bond donors (Lipinski definition) is 4. The summed E-state index contributed by atoms with van der Waals surface area (Å²) in [6, 6.07) is 8.25. The zero-order chi connectivity index (χ0) is 26.0. The summed E-state index contributed by atoms with van der Waals surface area (Å²) in [7, 11) is -2.73. The van der Waals surface area contributed by atoms with Crippen LogP contribution in [0.3, 0.4) is 0 Å². The number of aliphatic hydroxyl groups is 1. The molecule has 10 nitrogen and oxygen atoms in total. The predicted octanol–water partition coefficient (Wildman–Crippen LogP) is 2.56. The van der Waals surface area contributed by atoms with Gasteiger partial charge in [-0.05, 0) is 49.1 Å². The van der Waals surface area contributed by atoms with Crippen molar-refractivity contribution in [1.29, 1.82) is 0 Å². The standard InChI is InChI=1S/C23H26ClN5O5S2/c1-12-16(21(25)13-4-3-5-14(24)6-13)9-20(35-12)22(31)17-10-27-11-28-23(17)29-15-7-18(30)19(8-15)34-36(32,33)26-2/h3-6,9-11,15,18-19,21,26,30H,7-8,25H2,1-2H3,(H,27,28,29)/t15-,18+,19-,21+/m1/s1. The Morgan fingerprint density at radius 3 is 2.83 bits per heavy atom. The Hall–Kier alpha value is -2.45. The highest BCUT2D eigenvalue weighted by Crippen LogP contribution is 2.33. The van der Waals surface area contributed by atoms with Crippen LogP contribution in [0.4, 0.5) is 5.82 Å². The number of hydrogen-bond acceptors (Lipinski definition) is 10. The molecule has 4 atom stereocenters. The Morgan fingerprint density at radius 1 is 1.33 bits per heavy atom. The maximum Gasteiger partial charge on any atom is 0.335 e. The maximum absolute atomic E-state index is 13.4. The molecule has 1 aliphatic rings. The van der Waals surface area contributed by atoms with Crippen LogP contribution in [0.25, 0.3) is 0 Å². The van der Waals surface area contributed by atoms with Gasteiger partial charge < -0.3 is 16.2 Å². The normalized spacial score (nSPS) is 20.9. The lowest BCUT2D eigenvalue weighted by molar-refractivity contribution is 0.0636. The van der Waals surface area contributed by atoms with E-state index < -0.39 is 28.6 Å². The lowest BCUT2D eigenvalue weighted by atomic mass is 9.99. The number of nitrogens with one attached hydrogen (secondary N) is 2. The quantitative estimate of drug-likeness (QED) is 0.293. The lowest BCUT2D eigenvalue weighted by Gasteiger charge is -2.15. The second-order valence-electron chi connectivity index (χ2n) is 8.44. The van der Waals surface area contributed by atoms with Gasteiger partial charge >= 0.3 is 10.3 Å². The summed E-state index contributed by atoms with van der Waals surface area (Å²) in [6.07, 6.45) is 1.24. The number of thiophene rings is 1. The predicted molar refractivity (Wildman–Crippen MR) is 138 cm³/mol. The highest BCUT2D eigenvalue weighted by atomic mass is 35.5. The largest absolute Gasteiger partial charge is 0.390 e. The van der Waals surface area contributed by atoms with Crippen LogP contribution in [0.15, 0.2) is 42.9 Å². The number of aromatic nitrogens is 2. The Balaban J connectivity index is 1.53. The number of halogens is 1. The van der Waals surface area contributed by atoms with Gasteiger partial charge in [0.2, 0.25) is 5.78 Å². The van der Waals surface area contributed by atoms with Crippen molar-refractivity contribution < 1.29 is 22.5 Å². The first-order valence-corrected chi connectivity index (χ1v) is 13.7. The number of aliphatic hydroxyl groups excluding tert-OH is 1. The summed E-state index contributed by atoms with van der Waals surface area (Å²) in [5, 5.41) is 14.0. The fraction of sp³-hybridized carbons (Fsp3) is 0.348. The number of nitrogens with two attached hydrogens (primary N) is 1. The number of ketones is 1. The average Bonchev–Trinajstić information content (AvgIpc) is 3.40. The van der Waals surface area contributed by atoms with Crippen molar-refractivity contribution in [2.45, 2.75) is 44.1 Å². The first-order valence-electron chi connectivity index (χ1n) is 11.1. The summed E-state index contributed by atoms with van der Waals surface area (Å²) in [5.74, 6) is 0.0101. The number of benzene rings is 1. The molecule has 0 aliphatic heterocycles. The van der Waals surface area contributed by atoms with Crippen LogP contribution < -0.4 is 15.8 Å². The van der Waals surface area contributed by atoms with E-state index in [2.05, 4.69) is 20.0 Å². The molecule has 5 N–H and O–H groups in total. The van der Waals surface area contributed by atoms with Crippen LogP contribution in [0.5, 0.6) is 0 Å². The minimum absolute atomic E-state index is 0.205. The number of carbonyl (C=O) groups excluding carboxylic acids is 1. The van der Waals surface area contributed by atoms with Crippen molar-refractivity contribution in [3.8, 4) is 0 Å². The van der Waals surface area contributed by atoms with Crippen LogP contribution in [-0.4, -0.2) is 54.6 Å². The monoisotopic (exact) mass is 551 g/mol. The zero-order valence-corrected chi connectivity index (χ0v) is 21.9. The Labute approximate surface area is 218 Å². The van der Waals surface area contributed by atoms with Gasteiger partial charge in [-0.25, -0.2) is 9.97 Å². The first-order chi connectivity index (χ1) is 17.1. The highest BCUT2D eigenvalue weighted by Gasteiger charge is 2.37. The second kappa shape index (κ2) is 10.9. The highest BCUT2D eigenvalue weighted by molar-refractivity contribution is 7.84.